The van der Waals surface area contributed by atoms with Crippen LogP contribution in [0, 0.1) is 0 Å². The van der Waals surface area contributed by atoms with Gasteiger partial charge in [0.25, 0.3) is 0 Å². The summed E-state index contributed by atoms with van der Waals surface area (Å²) in [5, 5.41) is 8.79. The average molecular weight is 378 g/mol. The monoisotopic (exact) mass is 378 g/mol. The molecule has 0 heterocycles. The number of phosphoric ester groups is 1. The van der Waals surface area contributed by atoms with Gasteiger partial charge in [-0.3, -0.25) is 13.6 Å². The van der Waals surface area contributed by atoms with E-state index >= 15 is 0 Å². The molecule has 2 aromatic carbocycles. The van der Waals surface area contributed by atoms with E-state index in [2.05, 4.69) is 0 Å². The van der Waals surface area contributed by atoms with Gasteiger partial charge in [-0.05, 0) is 24.0 Å². The SMILES string of the molecule is O=P(OCCCCCCO)(OCc1ccccc1)OCc1ccccc1. The molecule has 0 aliphatic heterocycles. The second-order valence-corrected chi connectivity index (χ2v) is 7.61. The van der Waals surface area contributed by atoms with Crippen LogP contribution >= 0.6 is 7.82 Å². The first-order valence-electron chi connectivity index (χ1n) is 8.94. The molecule has 2 aromatic rings. The molecule has 142 valence electrons. The molecule has 2 rings (SSSR count). The highest BCUT2D eigenvalue weighted by Crippen LogP contribution is 2.51. The van der Waals surface area contributed by atoms with E-state index < -0.39 is 7.82 Å². The van der Waals surface area contributed by atoms with Crippen molar-refractivity contribution in [3.63, 3.8) is 0 Å². The minimum Gasteiger partial charge on any atom is -0.396 e. The van der Waals surface area contributed by atoms with E-state index in [0.717, 1.165) is 36.8 Å². The van der Waals surface area contributed by atoms with Crippen LogP contribution in [0.1, 0.15) is 36.8 Å². The van der Waals surface area contributed by atoms with Crippen molar-refractivity contribution in [1.29, 1.82) is 0 Å². The van der Waals surface area contributed by atoms with E-state index in [4.69, 9.17) is 18.7 Å². The number of aliphatic hydroxyl groups excluding tert-OH is 1. The maximum atomic E-state index is 12.9. The van der Waals surface area contributed by atoms with Gasteiger partial charge in [-0.15, -0.1) is 0 Å². The molecule has 0 radical (unpaired) electrons. The molecule has 0 saturated carbocycles. The summed E-state index contributed by atoms with van der Waals surface area (Å²) in [4.78, 5) is 0. The normalized spacial score (nSPS) is 11.6. The maximum Gasteiger partial charge on any atom is 0.475 e. The highest BCUT2D eigenvalue weighted by atomic mass is 31.2. The Balaban J connectivity index is 1.87. The Morgan fingerprint density at radius 2 is 1.19 bits per heavy atom. The lowest BCUT2D eigenvalue weighted by molar-refractivity contribution is 0.101. The third-order valence-electron chi connectivity index (χ3n) is 3.77. The van der Waals surface area contributed by atoms with Crippen molar-refractivity contribution in [2.24, 2.45) is 0 Å². The Morgan fingerprint density at radius 1 is 0.692 bits per heavy atom. The number of aliphatic hydroxyl groups is 1. The van der Waals surface area contributed by atoms with Gasteiger partial charge >= 0.3 is 7.82 Å². The first kappa shape index (κ1) is 20.8. The molecule has 0 aliphatic rings. The lowest BCUT2D eigenvalue weighted by Crippen LogP contribution is -2.03. The van der Waals surface area contributed by atoms with Gasteiger partial charge in [0.15, 0.2) is 0 Å². The maximum absolute atomic E-state index is 12.9. The molecule has 26 heavy (non-hydrogen) atoms. The topological polar surface area (TPSA) is 65.0 Å². The summed E-state index contributed by atoms with van der Waals surface area (Å²) in [5.41, 5.74) is 1.81. The zero-order valence-electron chi connectivity index (χ0n) is 15.0. The van der Waals surface area contributed by atoms with Gasteiger partial charge in [0.2, 0.25) is 0 Å². The quantitative estimate of drug-likeness (QED) is 0.388. The largest absolute Gasteiger partial charge is 0.475 e. The summed E-state index contributed by atoms with van der Waals surface area (Å²) in [6.45, 7) is 0.820. The predicted molar refractivity (Wildman–Crippen MR) is 102 cm³/mol. The molecule has 0 aliphatic carbocycles. The molecule has 5 nitrogen and oxygen atoms in total. The molecule has 0 unspecified atom stereocenters. The molecule has 1 N–H and O–H groups in total. The minimum atomic E-state index is -3.66. The van der Waals surface area contributed by atoms with Gasteiger partial charge in [0.05, 0.1) is 19.8 Å². The Hall–Kier alpha value is -1.49. The third-order valence-corrected chi connectivity index (χ3v) is 5.16. The van der Waals surface area contributed by atoms with E-state index in [0.29, 0.717) is 6.61 Å². The summed E-state index contributed by atoms with van der Waals surface area (Å²) < 4.78 is 29.5. The van der Waals surface area contributed by atoms with Crippen molar-refractivity contribution >= 4 is 7.82 Å². The molecule has 0 aromatic heterocycles. The zero-order chi connectivity index (χ0) is 18.5. The predicted octanol–water partition coefficient (Wildman–Crippen LogP) is 5.10. The summed E-state index contributed by atoms with van der Waals surface area (Å²) in [6.07, 6.45) is 3.33. The van der Waals surface area contributed by atoms with Gasteiger partial charge in [-0.1, -0.05) is 73.5 Å². The van der Waals surface area contributed by atoms with Crippen molar-refractivity contribution in [1.82, 2.24) is 0 Å². The first-order chi connectivity index (χ1) is 12.7. The van der Waals surface area contributed by atoms with Gasteiger partial charge in [-0.25, -0.2) is 4.57 Å². The van der Waals surface area contributed by atoms with Crippen LogP contribution < -0.4 is 0 Å². The van der Waals surface area contributed by atoms with Gasteiger partial charge in [0, 0.05) is 6.61 Å². The molecule has 0 saturated heterocycles. The van der Waals surface area contributed by atoms with Crippen molar-refractivity contribution in [2.75, 3.05) is 13.2 Å². The van der Waals surface area contributed by atoms with Gasteiger partial charge in [-0.2, -0.15) is 0 Å². The number of benzene rings is 2. The fraction of sp³-hybridized carbons (Fsp3) is 0.400. The lowest BCUT2D eigenvalue weighted by Gasteiger charge is -2.18. The van der Waals surface area contributed by atoms with E-state index in [9.17, 15) is 4.57 Å². The summed E-state index contributed by atoms with van der Waals surface area (Å²) in [7, 11) is -3.66. The molecule has 0 amide bonds. The Labute approximate surface area is 155 Å². The molecule has 0 atom stereocenters. The van der Waals surface area contributed by atoms with Gasteiger partial charge < -0.3 is 5.11 Å². The lowest BCUT2D eigenvalue weighted by atomic mass is 10.2. The highest BCUT2D eigenvalue weighted by Gasteiger charge is 2.26. The standard InChI is InChI=1S/C20H27O5P/c21-15-9-1-2-10-16-23-26(22,24-17-19-11-5-3-6-12-19)25-18-20-13-7-4-8-14-20/h3-8,11-14,21H,1-2,9-10,15-18H2. The fourth-order valence-electron chi connectivity index (χ4n) is 2.31. The summed E-state index contributed by atoms with van der Waals surface area (Å²) in [6, 6.07) is 19.0. The Bertz CT molecular complexity index is 600. The average Bonchev–Trinajstić information content (AvgIpc) is 2.69. The third kappa shape index (κ3) is 8.26. The zero-order valence-corrected chi connectivity index (χ0v) is 15.9. The highest BCUT2D eigenvalue weighted by molar-refractivity contribution is 7.48. The van der Waals surface area contributed by atoms with Crippen LogP contribution in [0.25, 0.3) is 0 Å². The van der Waals surface area contributed by atoms with Crippen molar-refractivity contribution in [2.45, 2.75) is 38.9 Å². The Morgan fingerprint density at radius 3 is 1.69 bits per heavy atom. The van der Waals surface area contributed by atoms with Crippen molar-refractivity contribution < 1.29 is 23.2 Å². The van der Waals surface area contributed by atoms with Crippen LogP contribution in [0.5, 0.6) is 0 Å². The molecular weight excluding hydrogens is 351 g/mol. The number of hydrogen-bond donors (Lipinski definition) is 1. The van der Waals surface area contributed by atoms with Crippen LogP contribution in [0.3, 0.4) is 0 Å². The second-order valence-electron chi connectivity index (χ2n) is 5.94. The van der Waals surface area contributed by atoms with Gasteiger partial charge in [0.1, 0.15) is 0 Å². The minimum absolute atomic E-state index is 0.164. The summed E-state index contributed by atoms with van der Waals surface area (Å²) in [5.74, 6) is 0. The first-order valence-corrected chi connectivity index (χ1v) is 10.4. The Kier molecular flexibility index (Phi) is 9.61. The second kappa shape index (κ2) is 12.0. The van der Waals surface area contributed by atoms with Crippen LogP contribution in [-0.2, 0) is 31.4 Å². The van der Waals surface area contributed by atoms with Crippen LogP contribution in [0.4, 0.5) is 0 Å². The number of phosphoric acid groups is 1. The molecule has 0 bridgehead atoms. The van der Waals surface area contributed by atoms with Crippen LogP contribution in [-0.4, -0.2) is 18.3 Å². The van der Waals surface area contributed by atoms with Crippen molar-refractivity contribution in [3.05, 3.63) is 71.8 Å². The van der Waals surface area contributed by atoms with Crippen LogP contribution in [0.2, 0.25) is 0 Å². The van der Waals surface area contributed by atoms with Crippen LogP contribution in [0.15, 0.2) is 60.7 Å². The van der Waals surface area contributed by atoms with E-state index in [1.165, 1.54) is 0 Å². The summed E-state index contributed by atoms with van der Waals surface area (Å²) >= 11 is 0. The molecular formula is C20H27O5P. The molecule has 0 spiro atoms. The van der Waals surface area contributed by atoms with Crippen molar-refractivity contribution in [3.8, 4) is 0 Å². The van der Waals surface area contributed by atoms with E-state index in [-0.39, 0.29) is 19.8 Å². The van der Waals surface area contributed by atoms with E-state index in [1.807, 2.05) is 60.7 Å². The molecule has 6 heteroatoms. The number of hydrogen-bond acceptors (Lipinski definition) is 5. The number of rotatable bonds is 13. The number of unbranched alkanes of at least 4 members (excludes halogenated alkanes) is 3. The molecule has 0 fully saturated rings. The smallest absolute Gasteiger partial charge is 0.396 e. The van der Waals surface area contributed by atoms with E-state index in [1.54, 1.807) is 0 Å². The fourth-order valence-corrected chi connectivity index (χ4v) is 3.50.